The Bertz CT molecular complexity index is 2270. The van der Waals surface area contributed by atoms with E-state index >= 15 is 0 Å². The van der Waals surface area contributed by atoms with Crippen LogP contribution in [0.4, 0.5) is 0 Å². The number of fused-ring (bicyclic) bond motifs is 3. The molecule has 0 heterocycles. The van der Waals surface area contributed by atoms with E-state index in [2.05, 4.69) is 155 Å². The summed E-state index contributed by atoms with van der Waals surface area (Å²) in [7, 11) is 0. The molecule has 0 nitrogen and oxygen atoms in total. The van der Waals surface area contributed by atoms with Crippen molar-refractivity contribution < 1.29 is 0 Å². The number of benzene rings is 6. The van der Waals surface area contributed by atoms with Crippen molar-refractivity contribution >= 4 is 39.3 Å². The highest BCUT2D eigenvalue weighted by Crippen LogP contribution is 2.50. The van der Waals surface area contributed by atoms with Gasteiger partial charge in [0, 0.05) is 5.41 Å². The first-order valence-electron chi connectivity index (χ1n) is 16.0. The molecule has 1 aliphatic carbocycles. The number of hydrogen-bond donors (Lipinski definition) is 0. The first-order valence-corrected chi connectivity index (χ1v) is 16.0. The van der Waals surface area contributed by atoms with Gasteiger partial charge in [-0.25, -0.2) is 0 Å². The fourth-order valence-corrected chi connectivity index (χ4v) is 7.68. The molecule has 0 spiro atoms. The Hall–Kier alpha value is -5.46. The molecule has 0 atom stereocenters. The minimum absolute atomic E-state index is 0.0730. The summed E-state index contributed by atoms with van der Waals surface area (Å²) in [6, 6.07) is 38.0. The summed E-state index contributed by atoms with van der Waals surface area (Å²) in [6.45, 7) is 19.3. The van der Waals surface area contributed by atoms with Crippen LogP contribution in [0, 0.1) is 0 Å². The molecular weight excluding hydrogens is 553 g/mol. The van der Waals surface area contributed by atoms with E-state index in [1.54, 1.807) is 0 Å². The monoisotopic (exact) mass is 590 g/mol. The van der Waals surface area contributed by atoms with Crippen molar-refractivity contribution in [3.63, 3.8) is 0 Å². The van der Waals surface area contributed by atoms with E-state index in [4.69, 9.17) is 0 Å². The Kier molecular flexibility index (Phi) is 7.30. The minimum atomic E-state index is -0.0730. The lowest BCUT2D eigenvalue weighted by Gasteiger charge is -2.35. The van der Waals surface area contributed by atoms with Gasteiger partial charge in [-0.3, -0.25) is 0 Å². The van der Waals surface area contributed by atoms with Gasteiger partial charge in [-0.05, 0) is 95.2 Å². The molecule has 0 bridgehead atoms. The molecule has 46 heavy (non-hydrogen) atoms. The predicted molar refractivity (Wildman–Crippen MR) is 203 cm³/mol. The molecule has 0 unspecified atom stereocenters. The molecule has 0 aliphatic heterocycles. The lowest BCUT2D eigenvalue weighted by atomic mass is 9.68. The maximum Gasteiger partial charge on any atom is 0.0159 e. The van der Waals surface area contributed by atoms with E-state index in [9.17, 15) is 0 Å². The zero-order valence-corrected chi connectivity index (χ0v) is 26.9. The van der Waals surface area contributed by atoms with Crippen LogP contribution in [-0.4, -0.2) is 0 Å². The summed E-state index contributed by atoms with van der Waals surface area (Å²) in [4.78, 5) is 0. The maximum absolute atomic E-state index is 4.28. The van der Waals surface area contributed by atoms with Gasteiger partial charge >= 0.3 is 0 Å². The van der Waals surface area contributed by atoms with E-state index in [1.165, 1.54) is 60.5 Å². The lowest BCUT2D eigenvalue weighted by molar-refractivity contribution is 0.645. The average Bonchev–Trinajstić information content (AvgIpc) is 3.09. The van der Waals surface area contributed by atoms with E-state index in [0.29, 0.717) is 0 Å². The Balaban J connectivity index is 1.43. The van der Waals surface area contributed by atoms with Gasteiger partial charge in [-0.15, -0.1) is 0 Å². The molecule has 0 heteroatoms. The van der Waals surface area contributed by atoms with E-state index in [0.717, 1.165) is 27.8 Å². The molecule has 0 N–H and O–H groups in total. The fourth-order valence-electron chi connectivity index (χ4n) is 7.68. The van der Waals surface area contributed by atoms with Gasteiger partial charge in [0.05, 0.1) is 0 Å². The SMILES string of the molecule is C=C/C=C(\C=C/C)c1c(C=C)c(C=C)c(-c2ccc(-c3ccc4c5c(cccc35)C(C)(C)c3ccccc3-4)cc2)c2ccccc12. The standard InChI is InChI=1S/C46H38/c1-7-16-31(17-8-2)43-33(9-3)34(10-4)44(39-20-12-11-19-38(39)43)32-26-24-30(25-27-32)35-28-29-40-36-18-13-14-22-41(36)46(5,6)42-23-15-21-37(35)45(40)42/h7-29H,1,3-4H2,2,5-6H3/b17-8-,31-16+. The third kappa shape index (κ3) is 4.37. The quantitative estimate of drug-likeness (QED) is 0.162. The van der Waals surface area contributed by atoms with Crippen molar-refractivity contribution in [2.75, 3.05) is 0 Å². The summed E-state index contributed by atoms with van der Waals surface area (Å²) in [5.74, 6) is 0. The molecule has 222 valence electrons. The fraction of sp³-hybridized carbons (Fsp3) is 0.0870. The summed E-state index contributed by atoms with van der Waals surface area (Å²) < 4.78 is 0. The lowest BCUT2D eigenvalue weighted by Crippen LogP contribution is -2.23. The second-order valence-corrected chi connectivity index (χ2v) is 12.5. The van der Waals surface area contributed by atoms with Crippen molar-refractivity contribution in [1.29, 1.82) is 0 Å². The average molecular weight is 591 g/mol. The van der Waals surface area contributed by atoms with Crippen molar-refractivity contribution in [2.45, 2.75) is 26.2 Å². The molecule has 0 amide bonds. The topological polar surface area (TPSA) is 0 Å². The Labute approximate surface area is 273 Å². The van der Waals surface area contributed by atoms with Crippen LogP contribution in [0.15, 0.2) is 147 Å². The number of rotatable bonds is 7. The predicted octanol–water partition coefficient (Wildman–Crippen LogP) is 13.1. The molecule has 6 aromatic rings. The largest absolute Gasteiger partial charge is 0.0990 e. The van der Waals surface area contributed by atoms with E-state index in [-0.39, 0.29) is 5.41 Å². The van der Waals surface area contributed by atoms with Crippen molar-refractivity contribution in [2.24, 2.45) is 0 Å². The third-order valence-corrected chi connectivity index (χ3v) is 9.72. The summed E-state index contributed by atoms with van der Waals surface area (Å²) in [5, 5.41) is 5.03. The van der Waals surface area contributed by atoms with Crippen molar-refractivity contribution in [1.82, 2.24) is 0 Å². The molecule has 0 fully saturated rings. The highest BCUT2D eigenvalue weighted by atomic mass is 14.4. The van der Waals surface area contributed by atoms with Gasteiger partial charge in [0.15, 0.2) is 0 Å². The zero-order valence-electron chi connectivity index (χ0n) is 26.9. The molecule has 0 saturated heterocycles. The van der Waals surface area contributed by atoms with Crippen LogP contribution in [0.5, 0.6) is 0 Å². The second-order valence-electron chi connectivity index (χ2n) is 12.5. The van der Waals surface area contributed by atoms with Crippen LogP contribution in [0.3, 0.4) is 0 Å². The van der Waals surface area contributed by atoms with Crippen molar-refractivity contribution in [3.05, 3.63) is 175 Å². The van der Waals surface area contributed by atoms with Crippen LogP contribution in [0.25, 0.3) is 72.7 Å². The van der Waals surface area contributed by atoms with Crippen LogP contribution < -0.4 is 0 Å². The molecule has 0 radical (unpaired) electrons. The highest BCUT2D eigenvalue weighted by molar-refractivity contribution is 6.11. The summed E-state index contributed by atoms with van der Waals surface area (Å²) in [5.41, 5.74) is 14.6. The maximum atomic E-state index is 4.28. The van der Waals surface area contributed by atoms with E-state index in [1.807, 2.05) is 25.2 Å². The molecule has 6 aromatic carbocycles. The van der Waals surface area contributed by atoms with Crippen LogP contribution in [0.2, 0.25) is 0 Å². The van der Waals surface area contributed by atoms with Crippen molar-refractivity contribution in [3.8, 4) is 33.4 Å². The second kappa shape index (κ2) is 11.5. The van der Waals surface area contributed by atoms with E-state index < -0.39 is 0 Å². The summed E-state index contributed by atoms with van der Waals surface area (Å²) in [6.07, 6.45) is 12.1. The van der Waals surface area contributed by atoms with Gasteiger partial charge in [0.2, 0.25) is 0 Å². The third-order valence-electron chi connectivity index (χ3n) is 9.72. The normalized spacial score (nSPS) is 13.6. The van der Waals surface area contributed by atoms with Gasteiger partial charge in [0.25, 0.3) is 0 Å². The first kappa shape index (κ1) is 29.3. The molecule has 1 aliphatic rings. The smallest absolute Gasteiger partial charge is 0.0159 e. The van der Waals surface area contributed by atoms with Crippen LogP contribution in [0.1, 0.15) is 48.6 Å². The number of hydrogen-bond acceptors (Lipinski definition) is 0. The Morgan fingerprint density at radius 3 is 1.93 bits per heavy atom. The first-order chi connectivity index (χ1) is 22.4. The molecule has 0 aromatic heterocycles. The van der Waals surface area contributed by atoms with Crippen LogP contribution in [-0.2, 0) is 5.41 Å². The number of allylic oxidation sites excluding steroid dienone is 5. The van der Waals surface area contributed by atoms with Gasteiger partial charge in [-0.1, -0.05) is 173 Å². The minimum Gasteiger partial charge on any atom is -0.0990 e. The van der Waals surface area contributed by atoms with Gasteiger partial charge in [0.1, 0.15) is 0 Å². The van der Waals surface area contributed by atoms with Gasteiger partial charge < -0.3 is 0 Å². The molecule has 7 rings (SSSR count). The molecule has 0 saturated carbocycles. The summed E-state index contributed by atoms with van der Waals surface area (Å²) >= 11 is 0. The molecular formula is C46H38. The Morgan fingerprint density at radius 1 is 0.587 bits per heavy atom. The zero-order chi connectivity index (χ0) is 32.0. The van der Waals surface area contributed by atoms with Gasteiger partial charge in [-0.2, -0.15) is 0 Å². The highest BCUT2D eigenvalue weighted by Gasteiger charge is 2.33. The van der Waals surface area contributed by atoms with Crippen LogP contribution >= 0.6 is 0 Å². The Morgan fingerprint density at radius 2 is 1.22 bits per heavy atom.